The number of aromatic nitrogens is 3. The largest absolute Gasteiger partial charge is 0.350 e. The molecule has 1 amide bonds. The van der Waals surface area contributed by atoms with Crippen molar-refractivity contribution in [3.05, 3.63) is 59.4 Å². The van der Waals surface area contributed by atoms with Crippen LogP contribution in [0.5, 0.6) is 0 Å². The van der Waals surface area contributed by atoms with E-state index in [-0.39, 0.29) is 5.91 Å². The third-order valence-corrected chi connectivity index (χ3v) is 6.02. The second kappa shape index (κ2) is 8.56. The molecule has 0 unspecified atom stereocenters. The predicted molar refractivity (Wildman–Crippen MR) is 113 cm³/mol. The zero-order valence-corrected chi connectivity index (χ0v) is 16.9. The van der Waals surface area contributed by atoms with Gasteiger partial charge in [-0.15, -0.1) is 10.2 Å². The molecule has 28 heavy (non-hydrogen) atoms. The van der Waals surface area contributed by atoms with Gasteiger partial charge in [0.2, 0.25) is 10.3 Å². The molecule has 1 N–H and O–H groups in total. The zero-order valence-electron chi connectivity index (χ0n) is 16.1. The molecular weight excluding hydrogens is 370 g/mol. The molecule has 1 aliphatic rings. The first kappa shape index (κ1) is 18.7. The Balaban J connectivity index is 1.40. The van der Waals surface area contributed by atoms with Crippen LogP contribution in [0.2, 0.25) is 0 Å². The summed E-state index contributed by atoms with van der Waals surface area (Å²) >= 11 is 1.54. The number of benzene rings is 1. The first-order valence-corrected chi connectivity index (χ1v) is 10.6. The lowest BCUT2D eigenvalue weighted by molar-refractivity contribution is 0.0947. The van der Waals surface area contributed by atoms with Crippen LogP contribution in [0.15, 0.2) is 42.6 Å². The average Bonchev–Trinajstić information content (AvgIpc) is 3.39. The maximum atomic E-state index is 12.7. The normalized spacial score (nSPS) is 14.2. The molecule has 1 fully saturated rings. The van der Waals surface area contributed by atoms with Gasteiger partial charge in [0.15, 0.2) is 0 Å². The van der Waals surface area contributed by atoms with E-state index in [1.807, 2.05) is 22.9 Å². The number of amides is 1. The van der Waals surface area contributed by atoms with Gasteiger partial charge in [-0.3, -0.25) is 9.36 Å². The number of aryl methyl sites for hydroxylation is 1. The van der Waals surface area contributed by atoms with E-state index >= 15 is 0 Å². The molecular formula is C21H25N5OS. The molecule has 3 heterocycles. The minimum Gasteiger partial charge on any atom is -0.350 e. The summed E-state index contributed by atoms with van der Waals surface area (Å²) in [5, 5.41) is 13.4. The zero-order chi connectivity index (χ0) is 19.3. The molecule has 146 valence electrons. The minimum atomic E-state index is -0.0909. The third-order valence-electron chi connectivity index (χ3n) is 5.04. The summed E-state index contributed by atoms with van der Waals surface area (Å²) in [6.45, 7) is 4.74. The van der Waals surface area contributed by atoms with E-state index in [0.29, 0.717) is 12.2 Å². The smallest absolute Gasteiger partial charge is 0.268 e. The Labute approximate surface area is 169 Å². The fourth-order valence-electron chi connectivity index (χ4n) is 3.42. The number of carbonyl (C=O) groups excluding carboxylic acids is 1. The second-order valence-electron chi connectivity index (χ2n) is 7.17. The maximum absolute atomic E-state index is 12.7. The summed E-state index contributed by atoms with van der Waals surface area (Å²) in [5.41, 5.74) is 3.05. The van der Waals surface area contributed by atoms with Gasteiger partial charge in [-0.25, -0.2) is 0 Å². The number of nitrogens with zero attached hydrogens (tertiary/aromatic N) is 4. The first-order chi connectivity index (χ1) is 13.7. The highest BCUT2D eigenvalue weighted by molar-refractivity contribution is 7.17. The van der Waals surface area contributed by atoms with Crippen molar-refractivity contribution in [3.63, 3.8) is 0 Å². The topological polar surface area (TPSA) is 63.1 Å². The molecule has 0 saturated carbocycles. The molecule has 0 bridgehead atoms. The SMILES string of the molecule is Cc1ccc(CCNC(=O)c2cccn2-c2nnc(N3CCCCC3)s2)cc1. The summed E-state index contributed by atoms with van der Waals surface area (Å²) in [6, 6.07) is 12.1. The van der Waals surface area contributed by atoms with Gasteiger partial charge in [-0.1, -0.05) is 41.2 Å². The Morgan fingerprint density at radius 3 is 2.61 bits per heavy atom. The van der Waals surface area contributed by atoms with Gasteiger partial charge in [-0.05, 0) is 50.3 Å². The second-order valence-corrected chi connectivity index (χ2v) is 8.10. The summed E-state index contributed by atoms with van der Waals surface area (Å²) in [6.07, 6.45) is 6.37. The molecule has 0 atom stereocenters. The standard InChI is InChI=1S/C21H25N5OS/c1-16-7-9-17(10-8-16)11-12-22-19(27)18-6-5-15-26(18)21-24-23-20(28-21)25-13-3-2-4-14-25/h5-10,15H,2-4,11-14H2,1H3,(H,22,27). The summed E-state index contributed by atoms with van der Waals surface area (Å²) in [5.74, 6) is -0.0909. The van der Waals surface area contributed by atoms with Crippen molar-refractivity contribution in [2.45, 2.75) is 32.6 Å². The predicted octanol–water partition coefficient (Wildman–Crippen LogP) is 3.60. The lowest BCUT2D eigenvalue weighted by Gasteiger charge is -2.25. The number of rotatable bonds is 6. The molecule has 6 nitrogen and oxygen atoms in total. The summed E-state index contributed by atoms with van der Waals surface area (Å²) in [4.78, 5) is 15.0. The fraction of sp³-hybridized carbons (Fsp3) is 0.381. The molecule has 4 rings (SSSR count). The van der Waals surface area contributed by atoms with Crippen LogP contribution < -0.4 is 10.2 Å². The van der Waals surface area contributed by atoms with Crippen LogP contribution in [0.3, 0.4) is 0 Å². The van der Waals surface area contributed by atoms with Gasteiger partial charge in [0.25, 0.3) is 5.91 Å². The van der Waals surface area contributed by atoms with Gasteiger partial charge in [0.05, 0.1) is 0 Å². The highest BCUT2D eigenvalue weighted by atomic mass is 32.1. The molecule has 1 aromatic carbocycles. The molecule has 0 spiro atoms. The van der Waals surface area contributed by atoms with Gasteiger partial charge in [0.1, 0.15) is 5.69 Å². The Bertz CT molecular complexity index is 924. The number of anilines is 1. The highest BCUT2D eigenvalue weighted by Gasteiger charge is 2.18. The Morgan fingerprint density at radius 2 is 1.82 bits per heavy atom. The van der Waals surface area contributed by atoms with E-state index in [4.69, 9.17) is 0 Å². The van der Waals surface area contributed by atoms with E-state index < -0.39 is 0 Å². The van der Waals surface area contributed by atoms with E-state index in [2.05, 4.69) is 51.6 Å². The monoisotopic (exact) mass is 395 g/mol. The average molecular weight is 396 g/mol. The Kier molecular flexibility index (Phi) is 5.71. The molecule has 1 saturated heterocycles. The molecule has 3 aromatic rings. The van der Waals surface area contributed by atoms with E-state index in [1.54, 1.807) is 0 Å². The van der Waals surface area contributed by atoms with E-state index in [9.17, 15) is 4.79 Å². The van der Waals surface area contributed by atoms with Crippen molar-refractivity contribution in [1.29, 1.82) is 0 Å². The number of nitrogens with one attached hydrogen (secondary N) is 1. The van der Waals surface area contributed by atoms with Crippen LogP contribution in [0.1, 0.15) is 40.9 Å². The lowest BCUT2D eigenvalue weighted by Crippen LogP contribution is -2.29. The van der Waals surface area contributed by atoms with Crippen LogP contribution in [-0.4, -0.2) is 40.3 Å². The van der Waals surface area contributed by atoms with Crippen molar-refractivity contribution < 1.29 is 4.79 Å². The van der Waals surface area contributed by atoms with Gasteiger partial charge in [0, 0.05) is 25.8 Å². The molecule has 7 heteroatoms. The van der Waals surface area contributed by atoms with Crippen LogP contribution in [0.4, 0.5) is 5.13 Å². The lowest BCUT2D eigenvalue weighted by atomic mass is 10.1. The Hall–Kier alpha value is -2.67. The number of hydrogen-bond donors (Lipinski definition) is 1. The van der Waals surface area contributed by atoms with Crippen molar-refractivity contribution in [2.75, 3.05) is 24.5 Å². The number of piperidine rings is 1. The number of hydrogen-bond acceptors (Lipinski definition) is 5. The maximum Gasteiger partial charge on any atom is 0.268 e. The van der Waals surface area contributed by atoms with Crippen LogP contribution >= 0.6 is 11.3 Å². The number of carbonyl (C=O) groups is 1. The van der Waals surface area contributed by atoms with Crippen LogP contribution in [0, 0.1) is 6.92 Å². The van der Waals surface area contributed by atoms with Gasteiger partial charge < -0.3 is 10.2 Å². The Morgan fingerprint density at radius 1 is 1.07 bits per heavy atom. The quantitative estimate of drug-likeness (QED) is 0.693. The molecule has 0 aliphatic carbocycles. The molecule has 1 aliphatic heterocycles. The molecule has 2 aromatic heterocycles. The van der Waals surface area contributed by atoms with Crippen molar-refractivity contribution >= 4 is 22.4 Å². The fourth-order valence-corrected chi connectivity index (χ4v) is 4.31. The van der Waals surface area contributed by atoms with Crippen molar-refractivity contribution in [3.8, 4) is 5.13 Å². The highest BCUT2D eigenvalue weighted by Crippen LogP contribution is 2.26. The third kappa shape index (κ3) is 4.25. The summed E-state index contributed by atoms with van der Waals surface area (Å²) in [7, 11) is 0. The summed E-state index contributed by atoms with van der Waals surface area (Å²) < 4.78 is 1.83. The van der Waals surface area contributed by atoms with Gasteiger partial charge >= 0.3 is 0 Å². The van der Waals surface area contributed by atoms with E-state index in [0.717, 1.165) is 29.8 Å². The molecule has 0 radical (unpaired) electrons. The van der Waals surface area contributed by atoms with Crippen molar-refractivity contribution in [2.24, 2.45) is 0 Å². The van der Waals surface area contributed by atoms with Crippen molar-refractivity contribution in [1.82, 2.24) is 20.1 Å². The van der Waals surface area contributed by atoms with Crippen LogP contribution in [-0.2, 0) is 6.42 Å². The first-order valence-electron chi connectivity index (χ1n) is 9.80. The minimum absolute atomic E-state index is 0.0909. The van der Waals surface area contributed by atoms with Crippen LogP contribution in [0.25, 0.3) is 5.13 Å². The van der Waals surface area contributed by atoms with E-state index in [1.165, 1.54) is 41.7 Å². The van der Waals surface area contributed by atoms with Gasteiger partial charge in [-0.2, -0.15) is 0 Å².